The summed E-state index contributed by atoms with van der Waals surface area (Å²) in [7, 11) is 0. The molecule has 0 N–H and O–H groups in total. The highest BCUT2D eigenvalue weighted by Gasteiger charge is 2.46. The van der Waals surface area contributed by atoms with Gasteiger partial charge in [-0.1, -0.05) is 79.9 Å². The summed E-state index contributed by atoms with van der Waals surface area (Å²) in [5.74, 6) is 0.681. The van der Waals surface area contributed by atoms with Crippen molar-refractivity contribution in [3.05, 3.63) is 71.8 Å². The van der Waals surface area contributed by atoms with Crippen LogP contribution in [0.1, 0.15) is 50.2 Å². The van der Waals surface area contributed by atoms with Gasteiger partial charge in [0.25, 0.3) is 0 Å². The lowest BCUT2D eigenvalue weighted by Gasteiger charge is -2.42. The van der Waals surface area contributed by atoms with Crippen LogP contribution < -0.4 is 0 Å². The molecule has 0 radical (unpaired) electrons. The van der Waals surface area contributed by atoms with Gasteiger partial charge >= 0.3 is 0 Å². The molecule has 1 saturated carbocycles. The number of hydrogen-bond acceptors (Lipinski definition) is 1. The fraction of sp³-hybridized carbons (Fsp3) is 0.381. The summed E-state index contributed by atoms with van der Waals surface area (Å²) in [6, 6.07) is 20.8. The minimum absolute atomic E-state index is 0.275. The molecule has 2 aromatic rings. The first-order valence-electron chi connectivity index (χ1n) is 8.38. The molecule has 0 aliphatic heterocycles. The van der Waals surface area contributed by atoms with E-state index >= 15 is 0 Å². The van der Waals surface area contributed by atoms with Crippen LogP contribution in [0.2, 0.25) is 0 Å². The molecule has 0 heterocycles. The molecule has 0 unspecified atom stereocenters. The van der Waals surface area contributed by atoms with Gasteiger partial charge in [-0.3, -0.25) is 4.79 Å². The molecule has 0 atom stereocenters. The van der Waals surface area contributed by atoms with Crippen LogP contribution in [0.15, 0.2) is 60.7 Å². The van der Waals surface area contributed by atoms with Crippen molar-refractivity contribution in [2.75, 3.05) is 0 Å². The number of rotatable bonds is 4. The number of hydrogen-bond donors (Lipinski definition) is 0. The molecule has 22 heavy (non-hydrogen) atoms. The third kappa shape index (κ3) is 2.49. The third-order valence-corrected chi connectivity index (χ3v) is 5.23. The smallest absolute Gasteiger partial charge is 0.145 e. The van der Waals surface area contributed by atoms with E-state index in [2.05, 4.69) is 48.5 Å². The van der Waals surface area contributed by atoms with E-state index in [-0.39, 0.29) is 5.78 Å². The first-order chi connectivity index (χ1) is 10.8. The Hall–Kier alpha value is -1.89. The Bertz CT molecular complexity index is 569. The lowest BCUT2D eigenvalue weighted by atomic mass is 9.59. The average molecular weight is 292 g/mol. The molecular weight excluding hydrogens is 268 g/mol. The lowest BCUT2D eigenvalue weighted by molar-refractivity contribution is -0.123. The highest BCUT2D eigenvalue weighted by atomic mass is 16.1. The largest absolute Gasteiger partial charge is 0.299 e. The fourth-order valence-corrected chi connectivity index (χ4v) is 4.27. The van der Waals surface area contributed by atoms with E-state index < -0.39 is 5.41 Å². The molecule has 114 valence electrons. The molecule has 1 nitrogen and oxygen atoms in total. The quantitative estimate of drug-likeness (QED) is 0.762. The van der Waals surface area contributed by atoms with Crippen molar-refractivity contribution >= 4 is 5.78 Å². The summed E-state index contributed by atoms with van der Waals surface area (Å²) in [6.45, 7) is 1.77. The first-order valence-corrected chi connectivity index (χ1v) is 8.38. The molecule has 0 spiro atoms. The fourth-order valence-electron chi connectivity index (χ4n) is 4.27. The van der Waals surface area contributed by atoms with Crippen molar-refractivity contribution < 1.29 is 4.79 Å². The van der Waals surface area contributed by atoms with Gasteiger partial charge in [-0.05, 0) is 36.8 Å². The predicted molar refractivity (Wildman–Crippen MR) is 90.9 cm³/mol. The van der Waals surface area contributed by atoms with Gasteiger partial charge in [-0.25, -0.2) is 0 Å². The molecule has 1 aliphatic carbocycles. The van der Waals surface area contributed by atoms with Crippen LogP contribution in [-0.4, -0.2) is 5.78 Å². The van der Waals surface area contributed by atoms with Crippen LogP contribution in [0.5, 0.6) is 0 Å². The summed E-state index contributed by atoms with van der Waals surface area (Å²) in [5.41, 5.74) is 1.82. The van der Waals surface area contributed by atoms with E-state index in [1.807, 2.05) is 12.1 Å². The van der Waals surface area contributed by atoms with Gasteiger partial charge in [0.2, 0.25) is 0 Å². The number of ketones is 1. The van der Waals surface area contributed by atoms with E-state index in [1.54, 1.807) is 6.92 Å². The van der Waals surface area contributed by atoms with Gasteiger partial charge in [0.05, 0.1) is 5.41 Å². The summed E-state index contributed by atoms with van der Waals surface area (Å²) in [5, 5.41) is 0. The Labute approximate surface area is 133 Å². The zero-order valence-electron chi connectivity index (χ0n) is 13.3. The highest BCUT2D eigenvalue weighted by molar-refractivity contribution is 5.92. The molecule has 1 aliphatic rings. The Morgan fingerprint density at radius 3 is 1.68 bits per heavy atom. The normalized spacial score (nSPS) is 16.4. The number of carbonyl (C=O) groups is 1. The number of benzene rings is 2. The Morgan fingerprint density at radius 2 is 1.27 bits per heavy atom. The van der Waals surface area contributed by atoms with E-state index in [9.17, 15) is 4.79 Å². The first kappa shape index (κ1) is 15.0. The lowest BCUT2D eigenvalue weighted by Crippen LogP contribution is -2.44. The van der Waals surface area contributed by atoms with Crippen molar-refractivity contribution in [2.24, 2.45) is 5.92 Å². The zero-order chi connectivity index (χ0) is 15.4. The second-order valence-electron chi connectivity index (χ2n) is 6.43. The van der Waals surface area contributed by atoms with Gasteiger partial charge in [0.1, 0.15) is 5.78 Å². The standard InChI is InChI=1S/C21H24O/c1-17(22)21(18-11-5-2-6-12-18,19-13-7-3-8-14-19)20-15-9-4-10-16-20/h2-3,5-8,11-14,20H,4,9-10,15-16H2,1H3. The third-order valence-electron chi connectivity index (χ3n) is 5.23. The van der Waals surface area contributed by atoms with E-state index in [0.29, 0.717) is 5.92 Å². The Balaban J connectivity index is 2.21. The second-order valence-corrected chi connectivity index (χ2v) is 6.43. The van der Waals surface area contributed by atoms with E-state index in [4.69, 9.17) is 0 Å². The summed E-state index contributed by atoms with van der Waals surface area (Å²) < 4.78 is 0. The van der Waals surface area contributed by atoms with Crippen LogP contribution >= 0.6 is 0 Å². The van der Waals surface area contributed by atoms with Crippen molar-refractivity contribution in [1.29, 1.82) is 0 Å². The molecule has 3 rings (SSSR count). The topological polar surface area (TPSA) is 17.1 Å². The van der Waals surface area contributed by atoms with Gasteiger partial charge in [0.15, 0.2) is 0 Å². The summed E-state index contributed by atoms with van der Waals surface area (Å²) >= 11 is 0. The second kappa shape index (κ2) is 6.48. The van der Waals surface area contributed by atoms with Gasteiger partial charge in [0, 0.05) is 0 Å². The van der Waals surface area contributed by atoms with Crippen LogP contribution in [0.3, 0.4) is 0 Å². The van der Waals surface area contributed by atoms with Gasteiger partial charge < -0.3 is 0 Å². The maximum absolute atomic E-state index is 13.0. The van der Waals surface area contributed by atoms with Crippen LogP contribution in [0, 0.1) is 5.92 Å². The average Bonchev–Trinajstić information content (AvgIpc) is 2.58. The minimum Gasteiger partial charge on any atom is -0.299 e. The molecule has 1 heteroatoms. The van der Waals surface area contributed by atoms with Crippen molar-refractivity contribution in [3.8, 4) is 0 Å². The molecule has 0 bridgehead atoms. The molecule has 0 saturated heterocycles. The van der Waals surface area contributed by atoms with Gasteiger partial charge in [-0.2, -0.15) is 0 Å². The minimum atomic E-state index is -0.483. The predicted octanol–water partition coefficient (Wildman–Crippen LogP) is 5.14. The van der Waals surface area contributed by atoms with E-state index in [0.717, 1.165) is 24.0 Å². The van der Waals surface area contributed by atoms with Crippen molar-refractivity contribution in [1.82, 2.24) is 0 Å². The number of Topliss-reactive ketones (excluding diaryl/α,β-unsaturated/α-hetero) is 1. The summed E-state index contributed by atoms with van der Waals surface area (Å²) in [4.78, 5) is 13.0. The molecule has 2 aromatic carbocycles. The monoisotopic (exact) mass is 292 g/mol. The van der Waals surface area contributed by atoms with Crippen molar-refractivity contribution in [2.45, 2.75) is 44.4 Å². The number of carbonyl (C=O) groups excluding carboxylic acids is 1. The molecule has 0 amide bonds. The summed E-state index contributed by atoms with van der Waals surface area (Å²) in [6.07, 6.45) is 6.06. The molecule has 1 fully saturated rings. The maximum Gasteiger partial charge on any atom is 0.145 e. The van der Waals surface area contributed by atoms with E-state index in [1.165, 1.54) is 19.3 Å². The zero-order valence-corrected chi connectivity index (χ0v) is 13.3. The van der Waals surface area contributed by atoms with Crippen LogP contribution in [0.25, 0.3) is 0 Å². The molecule has 0 aromatic heterocycles. The maximum atomic E-state index is 13.0. The molecular formula is C21H24O. The SMILES string of the molecule is CC(=O)C(c1ccccc1)(c1ccccc1)C1CCCCC1. The van der Waals surface area contributed by atoms with Crippen molar-refractivity contribution in [3.63, 3.8) is 0 Å². The Kier molecular flexibility index (Phi) is 4.42. The Morgan fingerprint density at radius 1 is 0.818 bits per heavy atom. The highest BCUT2D eigenvalue weighted by Crippen LogP contribution is 2.46. The van der Waals surface area contributed by atoms with Crippen LogP contribution in [0.4, 0.5) is 0 Å². The van der Waals surface area contributed by atoms with Gasteiger partial charge in [-0.15, -0.1) is 0 Å². The van der Waals surface area contributed by atoms with Crippen LogP contribution in [-0.2, 0) is 10.2 Å².